The van der Waals surface area contributed by atoms with Crippen molar-refractivity contribution >= 4 is 0 Å². The van der Waals surface area contributed by atoms with Gasteiger partial charge in [0, 0.05) is 0 Å². The molecule has 0 saturated heterocycles. The second kappa shape index (κ2) is 4.84. The van der Waals surface area contributed by atoms with Gasteiger partial charge in [-0.2, -0.15) is 0 Å². The number of alkyl halides is 1. The summed E-state index contributed by atoms with van der Waals surface area (Å²) in [6.45, 7) is 4.49. The van der Waals surface area contributed by atoms with Crippen molar-refractivity contribution in [1.29, 1.82) is 0 Å². The molecule has 0 aromatic rings. The molecular formula is C11H21F. The Morgan fingerprint density at radius 1 is 1.33 bits per heavy atom. The van der Waals surface area contributed by atoms with E-state index in [1.54, 1.807) is 0 Å². The summed E-state index contributed by atoms with van der Waals surface area (Å²) in [5, 5.41) is 0. The van der Waals surface area contributed by atoms with E-state index in [0.717, 1.165) is 25.2 Å². The standard InChI is InChI=1S/C11H21F/c1-3-4-5-10-8-11(12)7-6-9(10)2/h9-11H,3-8H2,1-2H3. The zero-order valence-corrected chi connectivity index (χ0v) is 8.35. The molecule has 1 fully saturated rings. The Morgan fingerprint density at radius 3 is 2.75 bits per heavy atom. The third-order valence-corrected chi connectivity index (χ3v) is 3.23. The van der Waals surface area contributed by atoms with Gasteiger partial charge in [-0.1, -0.05) is 33.1 Å². The molecule has 0 aromatic heterocycles. The first kappa shape index (κ1) is 10.0. The number of rotatable bonds is 3. The summed E-state index contributed by atoms with van der Waals surface area (Å²) in [7, 11) is 0. The Bertz CT molecular complexity index is 122. The quantitative estimate of drug-likeness (QED) is 0.604. The Hall–Kier alpha value is -0.0700. The highest BCUT2D eigenvalue weighted by Crippen LogP contribution is 2.34. The lowest BCUT2D eigenvalue weighted by Gasteiger charge is -2.30. The zero-order chi connectivity index (χ0) is 8.97. The van der Waals surface area contributed by atoms with Gasteiger partial charge in [0.25, 0.3) is 0 Å². The number of halogens is 1. The maximum Gasteiger partial charge on any atom is 0.100 e. The minimum atomic E-state index is -0.497. The SMILES string of the molecule is CCCCC1CC(F)CCC1C. The van der Waals surface area contributed by atoms with Crippen molar-refractivity contribution in [2.75, 3.05) is 0 Å². The van der Waals surface area contributed by atoms with Crippen LogP contribution in [0.25, 0.3) is 0 Å². The Balaban J connectivity index is 2.28. The normalized spacial score (nSPS) is 36.8. The minimum Gasteiger partial charge on any atom is -0.247 e. The van der Waals surface area contributed by atoms with E-state index in [9.17, 15) is 4.39 Å². The third-order valence-electron chi connectivity index (χ3n) is 3.23. The lowest BCUT2D eigenvalue weighted by Crippen LogP contribution is -2.23. The average molecular weight is 172 g/mol. The summed E-state index contributed by atoms with van der Waals surface area (Å²) in [6.07, 6.45) is 6.03. The maximum atomic E-state index is 13.0. The molecule has 1 aliphatic rings. The molecule has 0 bridgehead atoms. The van der Waals surface area contributed by atoms with Crippen LogP contribution in [0.2, 0.25) is 0 Å². The van der Waals surface area contributed by atoms with Gasteiger partial charge in [0.2, 0.25) is 0 Å². The molecule has 0 aromatic carbocycles. The number of hydrogen-bond acceptors (Lipinski definition) is 0. The molecule has 0 radical (unpaired) electrons. The van der Waals surface area contributed by atoms with Crippen molar-refractivity contribution in [1.82, 2.24) is 0 Å². The van der Waals surface area contributed by atoms with E-state index in [-0.39, 0.29) is 0 Å². The molecule has 3 atom stereocenters. The first-order chi connectivity index (χ1) is 5.74. The van der Waals surface area contributed by atoms with E-state index in [4.69, 9.17) is 0 Å². The summed E-state index contributed by atoms with van der Waals surface area (Å²) < 4.78 is 13.0. The molecule has 0 spiro atoms. The van der Waals surface area contributed by atoms with E-state index in [1.807, 2.05) is 0 Å². The van der Waals surface area contributed by atoms with Crippen LogP contribution in [0.3, 0.4) is 0 Å². The molecule has 12 heavy (non-hydrogen) atoms. The van der Waals surface area contributed by atoms with E-state index in [1.165, 1.54) is 19.3 Å². The van der Waals surface area contributed by atoms with Gasteiger partial charge in [0.1, 0.15) is 6.17 Å². The summed E-state index contributed by atoms with van der Waals surface area (Å²) >= 11 is 0. The minimum absolute atomic E-state index is 0.497. The van der Waals surface area contributed by atoms with Gasteiger partial charge >= 0.3 is 0 Å². The van der Waals surface area contributed by atoms with Gasteiger partial charge in [0.05, 0.1) is 0 Å². The summed E-state index contributed by atoms with van der Waals surface area (Å²) in [5.41, 5.74) is 0. The van der Waals surface area contributed by atoms with Crippen LogP contribution in [0, 0.1) is 11.8 Å². The summed E-state index contributed by atoms with van der Waals surface area (Å²) in [4.78, 5) is 0. The van der Waals surface area contributed by atoms with E-state index in [0.29, 0.717) is 5.92 Å². The second-order valence-electron chi connectivity index (χ2n) is 4.29. The molecule has 1 aliphatic carbocycles. The Morgan fingerprint density at radius 2 is 2.08 bits per heavy atom. The van der Waals surface area contributed by atoms with Gasteiger partial charge < -0.3 is 0 Å². The molecule has 1 saturated carbocycles. The van der Waals surface area contributed by atoms with Crippen LogP contribution in [0.5, 0.6) is 0 Å². The average Bonchev–Trinajstić information content (AvgIpc) is 2.07. The van der Waals surface area contributed by atoms with Crippen LogP contribution in [0.4, 0.5) is 4.39 Å². The zero-order valence-electron chi connectivity index (χ0n) is 8.35. The van der Waals surface area contributed by atoms with Crippen molar-refractivity contribution < 1.29 is 4.39 Å². The third kappa shape index (κ3) is 2.76. The fourth-order valence-corrected chi connectivity index (χ4v) is 2.23. The molecule has 0 aliphatic heterocycles. The molecule has 0 nitrogen and oxygen atoms in total. The van der Waals surface area contributed by atoms with Crippen LogP contribution < -0.4 is 0 Å². The van der Waals surface area contributed by atoms with Crippen molar-refractivity contribution in [3.05, 3.63) is 0 Å². The second-order valence-corrected chi connectivity index (χ2v) is 4.29. The van der Waals surface area contributed by atoms with Gasteiger partial charge in [-0.05, 0) is 31.1 Å². The van der Waals surface area contributed by atoms with Crippen molar-refractivity contribution in [3.63, 3.8) is 0 Å². The van der Waals surface area contributed by atoms with Crippen LogP contribution in [-0.4, -0.2) is 6.17 Å². The van der Waals surface area contributed by atoms with Crippen LogP contribution in [0.15, 0.2) is 0 Å². The van der Waals surface area contributed by atoms with Crippen molar-refractivity contribution in [2.24, 2.45) is 11.8 Å². The smallest absolute Gasteiger partial charge is 0.100 e. The molecule has 72 valence electrons. The lowest BCUT2D eigenvalue weighted by atomic mass is 9.77. The van der Waals surface area contributed by atoms with Crippen LogP contribution in [0.1, 0.15) is 52.4 Å². The largest absolute Gasteiger partial charge is 0.247 e. The molecule has 1 rings (SSSR count). The molecule has 3 unspecified atom stereocenters. The summed E-state index contributed by atoms with van der Waals surface area (Å²) in [5.74, 6) is 1.44. The van der Waals surface area contributed by atoms with E-state index < -0.39 is 6.17 Å². The Labute approximate surface area is 75.5 Å². The fourth-order valence-electron chi connectivity index (χ4n) is 2.23. The predicted molar refractivity (Wildman–Crippen MR) is 50.9 cm³/mol. The fraction of sp³-hybridized carbons (Fsp3) is 1.00. The predicted octanol–water partition coefficient (Wildman–Crippen LogP) is 3.95. The van der Waals surface area contributed by atoms with Crippen molar-refractivity contribution in [3.8, 4) is 0 Å². The number of unbranched alkanes of at least 4 members (excludes halogenated alkanes) is 1. The highest BCUT2D eigenvalue weighted by molar-refractivity contribution is 4.77. The van der Waals surface area contributed by atoms with Gasteiger partial charge in [-0.15, -0.1) is 0 Å². The van der Waals surface area contributed by atoms with E-state index in [2.05, 4.69) is 13.8 Å². The number of hydrogen-bond donors (Lipinski definition) is 0. The first-order valence-electron chi connectivity index (χ1n) is 5.38. The molecular weight excluding hydrogens is 151 g/mol. The van der Waals surface area contributed by atoms with Crippen molar-refractivity contribution in [2.45, 2.75) is 58.5 Å². The van der Waals surface area contributed by atoms with Crippen LogP contribution in [-0.2, 0) is 0 Å². The lowest BCUT2D eigenvalue weighted by molar-refractivity contribution is 0.141. The Kier molecular flexibility index (Phi) is 4.03. The highest BCUT2D eigenvalue weighted by Gasteiger charge is 2.26. The molecule has 1 heteroatoms. The van der Waals surface area contributed by atoms with Gasteiger partial charge in [0.15, 0.2) is 0 Å². The monoisotopic (exact) mass is 172 g/mol. The first-order valence-corrected chi connectivity index (χ1v) is 5.38. The van der Waals surface area contributed by atoms with Gasteiger partial charge in [-0.3, -0.25) is 0 Å². The molecule has 0 amide bonds. The van der Waals surface area contributed by atoms with Gasteiger partial charge in [-0.25, -0.2) is 4.39 Å². The topological polar surface area (TPSA) is 0 Å². The molecule has 0 heterocycles. The maximum absolute atomic E-state index is 13.0. The van der Waals surface area contributed by atoms with E-state index >= 15 is 0 Å². The highest BCUT2D eigenvalue weighted by atomic mass is 19.1. The van der Waals surface area contributed by atoms with Crippen LogP contribution >= 0.6 is 0 Å². The summed E-state index contributed by atoms with van der Waals surface area (Å²) in [6, 6.07) is 0. The molecule has 0 N–H and O–H groups in total.